The molecule has 0 aliphatic heterocycles. The summed E-state index contributed by atoms with van der Waals surface area (Å²) in [5.74, 6) is 0.414. The first-order chi connectivity index (χ1) is 10.2. The number of carbonyl (C=O) groups excluding carboxylic acids is 1. The van der Waals surface area contributed by atoms with Crippen molar-refractivity contribution >= 4 is 23.7 Å². The Morgan fingerprint density at radius 2 is 2.10 bits per heavy atom. The molecule has 0 fully saturated rings. The number of nitrogens with one attached hydrogen (secondary N) is 1. The maximum atomic E-state index is 11.9. The first kappa shape index (κ1) is 15.1. The molecule has 2 rings (SSSR count). The number of hydrogen-bond donors (Lipinski definition) is 1. The van der Waals surface area contributed by atoms with Crippen LogP contribution in [0.15, 0.2) is 53.6 Å². The second-order valence-electron chi connectivity index (χ2n) is 4.18. The summed E-state index contributed by atoms with van der Waals surface area (Å²) < 4.78 is 5.39. The van der Waals surface area contributed by atoms with E-state index in [2.05, 4.69) is 10.5 Å². The van der Waals surface area contributed by atoms with Gasteiger partial charge in [0.15, 0.2) is 0 Å². The molecule has 0 saturated heterocycles. The molecule has 21 heavy (non-hydrogen) atoms. The van der Waals surface area contributed by atoms with Gasteiger partial charge in [0.25, 0.3) is 5.91 Å². The average molecular weight is 303 g/mol. The number of amides is 1. The van der Waals surface area contributed by atoms with E-state index in [1.54, 1.807) is 30.5 Å². The molecule has 2 aromatic carbocycles. The molecular formula is C16H15ClN2O2. The third-order valence-electron chi connectivity index (χ3n) is 2.67. The van der Waals surface area contributed by atoms with E-state index in [-0.39, 0.29) is 5.91 Å². The van der Waals surface area contributed by atoms with Gasteiger partial charge in [0, 0.05) is 0 Å². The highest BCUT2D eigenvalue weighted by atomic mass is 35.5. The molecule has 2 aromatic rings. The van der Waals surface area contributed by atoms with Crippen LogP contribution in [-0.2, 0) is 0 Å². The van der Waals surface area contributed by atoms with Gasteiger partial charge in [-0.3, -0.25) is 4.79 Å². The van der Waals surface area contributed by atoms with Gasteiger partial charge in [0.1, 0.15) is 5.75 Å². The molecule has 108 valence electrons. The molecule has 0 aromatic heterocycles. The fourth-order valence-electron chi connectivity index (χ4n) is 1.72. The van der Waals surface area contributed by atoms with Crippen LogP contribution in [0.3, 0.4) is 0 Å². The number of ether oxygens (including phenoxy) is 1. The van der Waals surface area contributed by atoms with Gasteiger partial charge in [-0.05, 0) is 36.8 Å². The Bertz CT molecular complexity index is 656. The lowest BCUT2D eigenvalue weighted by Gasteiger charge is -2.03. The van der Waals surface area contributed by atoms with Crippen LogP contribution in [0, 0.1) is 0 Å². The maximum Gasteiger partial charge on any atom is 0.272 e. The van der Waals surface area contributed by atoms with Gasteiger partial charge in [0.2, 0.25) is 0 Å². The van der Waals surface area contributed by atoms with E-state index < -0.39 is 0 Å². The van der Waals surface area contributed by atoms with Crippen molar-refractivity contribution in [2.45, 2.75) is 6.92 Å². The van der Waals surface area contributed by atoms with E-state index in [0.717, 1.165) is 11.3 Å². The Hall–Kier alpha value is -2.33. The van der Waals surface area contributed by atoms with Gasteiger partial charge < -0.3 is 4.74 Å². The van der Waals surface area contributed by atoms with Gasteiger partial charge in [-0.2, -0.15) is 5.10 Å². The topological polar surface area (TPSA) is 50.7 Å². The molecule has 0 heterocycles. The summed E-state index contributed by atoms with van der Waals surface area (Å²) in [6, 6.07) is 14.3. The van der Waals surface area contributed by atoms with Gasteiger partial charge in [0.05, 0.1) is 23.4 Å². The lowest BCUT2D eigenvalue weighted by atomic mass is 10.2. The largest absolute Gasteiger partial charge is 0.494 e. The minimum Gasteiger partial charge on any atom is -0.494 e. The summed E-state index contributed by atoms with van der Waals surface area (Å²) in [6.45, 7) is 2.52. The summed E-state index contributed by atoms with van der Waals surface area (Å²) >= 11 is 5.94. The molecule has 0 atom stereocenters. The first-order valence-corrected chi connectivity index (χ1v) is 6.89. The van der Waals surface area contributed by atoms with E-state index in [1.807, 2.05) is 31.2 Å². The highest BCUT2D eigenvalue weighted by Crippen LogP contribution is 2.14. The molecule has 0 unspecified atom stereocenters. The van der Waals surface area contributed by atoms with Crippen molar-refractivity contribution in [3.63, 3.8) is 0 Å². The fraction of sp³-hybridized carbons (Fsp3) is 0.125. The summed E-state index contributed by atoms with van der Waals surface area (Å²) in [5.41, 5.74) is 3.67. The monoisotopic (exact) mass is 302 g/mol. The number of nitrogens with zero attached hydrogens (tertiary/aromatic N) is 1. The molecular weight excluding hydrogens is 288 g/mol. The zero-order valence-electron chi connectivity index (χ0n) is 11.5. The predicted molar refractivity (Wildman–Crippen MR) is 84.1 cm³/mol. The zero-order chi connectivity index (χ0) is 15.1. The van der Waals surface area contributed by atoms with Crippen LogP contribution in [0.25, 0.3) is 0 Å². The van der Waals surface area contributed by atoms with Crippen LogP contribution in [0.4, 0.5) is 0 Å². The molecule has 0 spiro atoms. The summed E-state index contributed by atoms with van der Waals surface area (Å²) in [6.07, 6.45) is 1.55. The summed E-state index contributed by atoms with van der Waals surface area (Å²) in [5, 5.41) is 4.31. The molecule has 1 amide bonds. The predicted octanol–water partition coefficient (Wildman–Crippen LogP) is 3.50. The number of hydrogen-bond acceptors (Lipinski definition) is 3. The summed E-state index contributed by atoms with van der Waals surface area (Å²) in [4.78, 5) is 11.9. The SMILES string of the molecule is CCOc1cccc(/C=N\NC(=O)c2ccccc2Cl)c1. The lowest BCUT2D eigenvalue weighted by molar-refractivity contribution is 0.0955. The fourth-order valence-corrected chi connectivity index (χ4v) is 1.94. The average Bonchev–Trinajstić information content (AvgIpc) is 2.48. The number of hydrazone groups is 1. The van der Waals surface area contributed by atoms with Crippen molar-refractivity contribution < 1.29 is 9.53 Å². The second-order valence-corrected chi connectivity index (χ2v) is 4.59. The van der Waals surface area contributed by atoms with E-state index in [4.69, 9.17) is 16.3 Å². The molecule has 0 saturated carbocycles. The third-order valence-corrected chi connectivity index (χ3v) is 3.00. The molecule has 0 radical (unpaired) electrons. The number of halogens is 1. The van der Waals surface area contributed by atoms with Crippen molar-refractivity contribution in [1.82, 2.24) is 5.43 Å². The molecule has 0 aliphatic carbocycles. The minimum absolute atomic E-state index is 0.349. The van der Waals surface area contributed by atoms with Crippen LogP contribution >= 0.6 is 11.6 Å². The van der Waals surface area contributed by atoms with Crippen LogP contribution in [0.5, 0.6) is 5.75 Å². The van der Waals surface area contributed by atoms with E-state index >= 15 is 0 Å². The highest BCUT2D eigenvalue weighted by molar-refractivity contribution is 6.33. The third kappa shape index (κ3) is 4.33. The van der Waals surface area contributed by atoms with Crippen molar-refractivity contribution in [2.24, 2.45) is 5.10 Å². The quantitative estimate of drug-likeness (QED) is 0.679. The molecule has 5 heteroatoms. The highest BCUT2D eigenvalue weighted by Gasteiger charge is 2.07. The van der Waals surface area contributed by atoms with Gasteiger partial charge in [-0.1, -0.05) is 35.9 Å². The number of benzene rings is 2. The Kier molecular flexibility index (Phi) is 5.35. The van der Waals surface area contributed by atoms with Crippen LogP contribution in [-0.4, -0.2) is 18.7 Å². The van der Waals surface area contributed by atoms with Gasteiger partial charge in [-0.25, -0.2) is 5.43 Å². The Balaban J connectivity index is 2.01. The molecule has 1 N–H and O–H groups in total. The van der Waals surface area contributed by atoms with E-state index in [9.17, 15) is 4.79 Å². The molecule has 0 aliphatic rings. The minimum atomic E-state index is -0.349. The Labute approximate surface area is 128 Å². The van der Waals surface area contributed by atoms with Crippen LogP contribution in [0.2, 0.25) is 5.02 Å². The van der Waals surface area contributed by atoms with Crippen LogP contribution < -0.4 is 10.2 Å². The Morgan fingerprint density at radius 3 is 2.86 bits per heavy atom. The van der Waals surface area contributed by atoms with E-state index in [1.165, 1.54) is 0 Å². The number of carbonyl (C=O) groups is 1. The van der Waals surface area contributed by atoms with Crippen molar-refractivity contribution in [3.8, 4) is 5.75 Å². The van der Waals surface area contributed by atoms with Gasteiger partial charge >= 0.3 is 0 Å². The normalized spacial score (nSPS) is 10.6. The van der Waals surface area contributed by atoms with Crippen molar-refractivity contribution in [1.29, 1.82) is 0 Å². The smallest absolute Gasteiger partial charge is 0.272 e. The summed E-state index contributed by atoms with van der Waals surface area (Å²) in [7, 11) is 0. The van der Waals surface area contributed by atoms with Gasteiger partial charge in [-0.15, -0.1) is 0 Å². The zero-order valence-corrected chi connectivity index (χ0v) is 12.3. The van der Waals surface area contributed by atoms with Crippen molar-refractivity contribution in [2.75, 3.05) is 6.61 Å². The standard InChI is InChI=1S/C16H15ClN2O2/c1-2-21-13-7-5-6-12(10-13)11-18-19-16(20)14-8-3-4-9-15(14)17/h3-11H,2H2,1H3,(H,19,20)/b18-11-. The number of rotatable bonds is 5. The lowest BCUT2D eigenvalue weighted by Crippen LogP contribution is -2.17. The van der Waals surface area contributed by atoms with E-state index in [0.29, 0.717) is 17.2 Å². The molecule has 0 bridgehead atoms. The first-order valence-electron chi connectivity index (χ1n) is 6.51. The Morgan fingerprint density at radius 1 is 1.29 bits per heavy atom. The van der Waals surface area contributed by atoms with Crippen molar-refractivity contribution in [3.05, 3.63) is 64.7 Å². The second kappa shape index (κ2) is 7.45. The van der Waals surface area contributed by atoms with Crippen LogP contribution in [0.1, 0.15) is 22.8 Å². The molecule has 4 nitrogen and oxygen atoms in total. The maximum absolute atomic E-state index is 11.9.